The second kappa shape index (κ2) is 7.67. The van der Waals surface area contributed by atoms with Crippen LogP contribution < -0.4 is 0 Å². The first-order valence-electron chi connectivity index (χ1n) is 8.70. The van der Waals surface area contributed by atoms with Gasteiger partial charge in [-0.15, -0.1) is 0 Å². The molecule has 0 unspecified atom stereocenters. The lowest BCUT2D eigenvalue weighted by Crippen LogP contribution is -2.16. The molecular formula is C19H26F4. The second-order valence-corrected chi connectivity index (χ2v) is 6.99. The Morgan fingerprint density at radius 1 is 1.00 bits per heavy atom. The smallest absolute Gasteiger partial charge is 0.206 e. The van der Waals surface area contributed by atoms with Gasteiger partial charge in [-0.05, 0) is 42.2 Å². The van der Waals surface area contributed by atoms with E-state index in [1.54, 1.807) is 0 Å². The van der Waals surface area contributed by atoms with Gasteiger partial charge in [-0.2, -0.15) is 13.2 Å². The lowest BCUT2D eigenvalue weighted by atomic mass is 9.80. The van der Waals surface area contributed by atoms with Crippen LogP contribution in [-0.2, 0) is 19.0 Å². The third-order valence-corrected chi connectivity index (χ3v) is 5.07. The van der Waals surface area contributed by atoms with Crippen LogP contribution in [0, 0.1) is 17.7 Å². The molecule has 1 saturated carbocycles. The molecule has 1 aliphatic rings. The van der Waals surface area contributed by atoms with Crippen molar-refractivity contribution in [3.8, 4) is 0 Å². The summed E-state index contributed by atoms with van der Waals surface area (Å²) in [6, 6.07) is 3.02. The third-order valence-electron chi connectivity index (χ3n) is 5.07. The van der Waals surface area contributed by atoms with Crippen molar-refractivity contribution in [2.75, 3.05) is 0 Å². The van der Waals surface area contributed by atoms with Crippen LogP contribution in [-0.4, -0.2) is 0 Å². The summed E-state index contributed by atoms with van der Waals surface area (Å²) in [6.07, 6.45) is 1.87. The van der Waals surface area contributed by atoms with Gasteiger partial charge < -0.3 is 0 Å². The first kappa shape index (κ1) is 18.3. The molecule has 0 saturated heterocycles. The van der Waals surface area contributed by atoms with Gasteiger partial charge in [0.15, 0.2) is 0 Å². The van der Waals surface area contributed by atoms with E-state index >= 15 is 0 Å². The molecule has 1 fully saturated rings. The van der Waals surface area contributed by atoms with E-state index in [4.69, 9.17) is 0 Å². The van der Waals surface area contributed by atoms with Crippen molar-refractivity contribution in [3.63, 3.8) is 0 Å². The highest BCUT2D eigenvalue weighted by Gasteiger charge is 2.37. The van der Waals surface area contributed by atoms with Crippen molar-refractivity contribution >= 4 is 0 Å². The van der Waals surface area contributed by atoms with Gasteiger partial charge in [-0.25, -0.2) is 4.39 Å². The molecule has 2 rings (SSSR count). The van der Waals surface area contributed by atoms with Gasteiger partial charge >= 0.3 is 6.18 Å². The SMILES string of the molecule is CCCc1ccc(CCC2CCC(C)CC2)c(C(F)(F)F)c1F. The molecule has 0 amide bonds. The molecule has 0 aromatic heterocycles. The normalized spacial score (nSPS) is 22.3. The van der Waals surface area contributed by atoms with Gasteiger partial charge in [-0.1, -0.05) is 58.1 Å². The molecular weight excluding hydrogens is 304 g/mol. The largest absolute Gasteiger partial charge is 0.419 e. The minimum Gasteiger partial charge on any atom is -0.206 e. The number of hydrogen-bond donors (Lipinski definition) is 0. The van der Waals surface area contributed by atoms with Gasteiger partial charge in [0.05, 0.1) is 5.56 Å². The van der Waals surface area contributed by atoms with Gasteiger partial charge in [0.25, 0.3) is 0 Å². The fraction of sp³-hybridized carbons (Fsp3) is 0.684. The highest BCUT2D eigenvalue weighted by molar-refractivity contribution is 5.36. The average molecular weight is 330 g/mol. The van der Waals surface area contributed by atoms with Crippen molar-refractivity contribution in [2.24, 2.45) is 11.8 Å². The Kier molecular flexibility index (Phi) is 6.10. The average Bonchev–Trinajstić information content (AvgIpc) is 2.48. The van der Waals surface area contributed by atoms with E-state index in [1.165, 1.54) is 12.1 Å². The summed E-state index contributed by atoms with van der Waals surface area (Å²) >= 11 is 0. The first-order valence-corrected chi connectivity index (χ1v) is 8.70. The van der Waals surface area contributed by atoms with Crippen molar-refractivity contribution in [2.45, 2.75) is 71.4 Å². The molecule has 0 nitrogen and oxygen atoms in total. The molecule has 0 bridgehead atoms. The summed E-state index contributed by atoms with van der Waals surface area (Å²) in [5, 5.41) is 0. The minimum atomic E-state index is -4.62. The van der Waals surface area contributed by atoms with E-state index in [0.717, 1.165) is 38.0 Å². The summed E-state index contributed by atoms with van der Waals surface area (Å²) < 4.78 is 54.2. The van der Waals surface area contributed by atoms with Gasteiger partial charge in [0.1, 0.15) is 5.82 Å². The Morgan fingerprint density at radius 2 is 1.61 bits per heavy atom. The standard InChI is InChI=1S/C19H26F4/c1-3-4-16-12-11-15(17(18(16)20)19(21,22)23)10-9-14-7-5-13(2)6-8-14/h11-14H,3-10H2,1-2H3. The number of alkyl halides is 3. The van der Waals surface area contributed by atoms with Crippen molar-refractivity contribution in [1.82, 2.24) is 0 Å². The minimum absolute atomic E-state index is 0.119. The van der Waals surface area contributed by atoms with E-state index in [9.17, 15) is 17.6 Å². The Bertz CT molecular complexity index is 511. The number of benzene rings is 1. The molecule has 130 valence electrons. The van der Waals surface area contributed by atoms with Crippen LogP contribution in [0.25, 0.3) is 0 Å². The fourth-order valence-corrected chi connectivity index (χ4v) is 3.61. The number of halogens is 4. The van der Waals surface area contributed by atoms with E-state index in [-0.39, 0.29) is 11.1 Å². The zero-order valence-corrected chi connectivity index (χ0v) is 14.0. The number of aryl methyl sites for hydroxylation is 2. The molecule has 0 radical (unpaired) electrons. The van der Waals surface area contributed by atoms with E-state index in [0.29, 0.717) is 25.2 Å². The Balaban J connectivity index is 2.16. The highest BCUT2D eigenvalue weighted by atomic mass is 19.4. The van der Waals surface area contributed by atoms with Crippen molar-refractivity contribution < 1.29 is 17.6 Å². The second-order valence-electron chi connectivity index (χ2n) is 6.99. The molecule has 1 aromatic rings. The van der Waals surface area contributed by atoms with Crippen LogP contribution in [0.4, 0.5) is 17.6 Å². The van der Waals surface area contributed by atoms with Crippen LogP contribution in [0.3, 0.4) is 0 Å². The Morgan fingerprint density at radius 3 is 2.17 bits per heavy atom. The molecule has 4 heteroatoms. The third kappa shape index (κ3) is 4.71. The van der Waals surface area contributed by atoms with Gasteiger partial charge in [-0.3, -0.25) is 0 Å². The lowest BCUT2D eigenvalue weighted by Gasteiger charge is -2.26. The predicted molar refractivity (Wildman–Crippen MR) is 84.8 cm³/mol. The molecule has 0 aliphatic heterocycles. The number of hydrogen-bond acceptors (Lipinski definition) is 0. The lowest BCUT2D eigenvalue weighted by molar-refractivity contribution is -0.140. The summed E-state index contributed by atoms with van der Waals surface area (Å²) in [4.78, 5) is 0. The maximum absolute atomic E-state index is 14.3. The topological polar surface area (TPSA) is 0 Å². The predicted octanol–water partition coefficient (Wildman–Crippen LogP) is 6.56. The fourth-order valence-electron chi connectivity index (χ4n) is 3.61. The molecule has 0 atom stereocenters. The van der Waals surface area contributed by atoms with Gasteiger partial charge in [0, 0.05) is 0 Å². The quantitative estimate of drug-likeness (QED) is 0.537. The molecule has 0 N–H and O–H groups in total. The molecule has 1 aromatic carbocycles. The highest BCUT2D eigenvalue weighted by Crippen LogP contribution is 2.38. The Labute approximate surface area is 136 Å². The van der Waals surface area contributed by atoms with Gasteiger partial charge in [0.2, 0.25) is 0 Å². The maximum atomic E-state index is 14.3. The van der Waals surface area contributed by atoms with Crippen LogP contribution >= 0.6 is 0 Å². The van der Waals surface area contributed by atoms with E-state index in [1.807, 2.05) is 6.92 Å². The van der Waals surface area contributed by atoms with Crippen LogP contribution in [0.5, 0.6) is 0 Å². The summed E-state index contributed by atoms with van der Waals surface area (Å²) in [5.74, 6) is 0.141. The molecule has 23 heavy (non-hydrogen) atoms. The van der Waals surface area contributed by atoms with Crippen LogP contribution in [0.2, 0.25) is 0 Å². The summed E-state index contributed by atoms with van der Waals surface area (Å²) in [6.45, 7) is 4.06. The van der Waals surface area contributed by atoms with E-state index in [2.05, 4.69) is 6.92 Å². The monoisotopic (exact) mass is 330 g/mol. The molecule has 1 aliphatic carbocycles. The summed E-state index contributed by atoms with van der Waals surface area (Å²) in [5.41, 5.74) is -0.740. The zero-order chi connectivity index (χ0) is 17.0. The van der Waals surface area contributed by atoms with Crippen LogP contribution in [0.15, 0.2) is 12.1 Å². The molecule has 0 spiro atoms. The van der Waals surface area contributed by atoms with Crippen molar-refractivity contribution in [1.29, 1.82) is 0 Å². The Hall–Kier alpha value is -1.06. The summed E-state index contributed by atoms with van der Waals surface area (Å²) in [7, 11) is 0. The zero-order valence-electron chi connectivity index (χ0n) is 14.0. The first-order chi connectivity index (χ1) is 10.8. The van der Waals surface area contributed by atoms with Crippen LogP contribution in [0.1, 0.15) is 69.1 Å². The van der Waals surface area contributed by atoms with E-state index < -0.39 is 17.6 Å². The van der Waals surface area contributed by atoms with Crippen molar-refractivity contribution in [3.05, 3.63) is 34.6 Å². The maximum Gasteiger partial charge on any atom is 0.419 e. The number of rotatable bonds is 5. The molecule has 0 heterocycles.